The maximum atomic E-state index is 12.2. The molecule has 0 radical (unpaired) electrons. The van der Waals surface area contributed by atoms with E-state index in [2.05, 4.69) is 5.32 Å². The van der Waals surface area contributed by atoms with E-state index >= 15 is 0 Å². The summed E-state index contributed by atoms with van der Waals surface area (Å²) in [5.74, 6) is -0.410. The first-order chi connectivity index (χ1) is 12.9. The fourth-order valence-electron chi connectivity index (χ4n) is 2.85. The molecule has 0 aliphatic carbocycles. The van der Waals surface area contributed by atoms with Crippen LogP contribution in [0.15, 0.2) is 18.2 Å². The maximum Gasteiger partial charge on any atom is 0.409 e. The molecule has 148 valence electrons. The molecule has 2 amide bonds. The summed E-state index contributed by atoms with van der Waals surface area (Å²) >= 11 is 0. The van der Waals surface area contributed by atoms with Gasteiger partial charge < -0.3 is 15.0 Å². The number of benzene rings is 1. The van der Waals surface area contributed by atoms with Gasteiger partial charge in [0, 0.05) is 37.8 Å². The van der Waals surface area contributed by atoms with Crippen molar-refractivity contribution in [2.24, 2.45) is 0 Å². The number of piperidine rings is 1. The Hall–Kier alpha value is -2.88. The number of amides is 2. The number of rotatable bonds is 6. The van der Waals surface area contributed by atoms with Crippen molar-refractivity contribution < 1.29 is 24.1 Å². The molecule has 0 unspecified atom stereocenters. The number of hydrogen-bond donors (Lipinski definition) is 1. The van der Waals surface area contributed by atoms with Crippen molar-refractivity contribution in [3.8, 4) is 0 Å². The number of nitro benzene ring substituents is 1. The smallest absolute Gasteiger partial charge is 0.409 e. The molecule has 0 aromatic heterocycles. The quantitative estimate of drug-likeness (QED) is 0.595. The first kappa shape index (κ1) is 20.4. The van der Waals surface area contributed by atoms with Crippen molar-refractivity contribution in [3.63, 3.8) is 0 Å². The summed E-state index contributed by atoms with van der Waals surface area (Å²) in [4.78, 5) is 41.3. The van der Waals surface area contributed by atoms with Crippen LogP contribution in [0.5, 0.6) is 0 Å². The molecule has 2 rings (SSSR count). The van der Waals surface area contributed by atoms with E-state index in [4.69, 9.17) is 9.57 Å². The number of hydrogen-bond acceptors (Lipinski definition) is 7. The molecule has 1 heterocycles. The second-order valence-electron chi connectivity index (χ2n) is 6.08. The molecule has 0 atom stereocenters. The maximum absolute atomic E-state index is 12.2. The third-order valence-electron chi connectivity index (χ3n) is 4.38. The molecule has 1 aromatic carbocycles. The van der Waals surface area contributed by atoms with E-state index in [-0.39, 0.29) is 29.1 Å². The summed E-state index contributed by atoms with van der Waals surface area (Å²) in [6, 6.07) is 4.09. The Morgan fingerprint density at radius 3 is 2.59 bits per heavy atom. The Morgan fingerprint density at radius 2 is 2.04 bits per heavy atom. The van der Waals surface area contributed by atoms with Crippen molar-refractivity contribution in [3.05, 3.63) is 33.9 Å². The average molecular weight is 380 g/mol. The fourth-order valence-corrected chi connectivity index (χ4v) is 2.85. The molecule has 0 spiro atoms. The van der Waals surface area contributed by atoms with Crippen molar-refractivity contribution in [2.45, 2.75) is 25.8 Å². The van der Waals surface area contributed by atoms with Gasteiger partial charge in [-0.3, -0.25) is 19.7 Å². The van der Waals surface area contributed by atoms with Crippen LogP contribution in [0.3, 0.4) is 0 Å². The van der Waals surface area contributed by atoms with E-state index in [0.29, 0.717) is 32.5 Å². The molecule has 0 bridgehead atoms. The molecule has 10 nitrogen and oxygen atoms in total. The van der Waals surface area contributed by atoms with Crippen LogP contribution in [0.1, 0.15) is 30.1 Å². The lowest BCUT2D eigenvalue weighted by atomic mass is 10.0. The number of likely N-dealkylation sites (tertiary alicyclic amines) is 1. The highest BCUT2D eigenvalue weighted by atomic mass is 16.7. The fraction of sp³-hybridized carbons (Fsp3) is 0.529. The van der Waals surface area contributed by atoms with Crippen LogP contribution in [0, 0.1) is 10.1 Å². The first-order valence-electron chi connectivity index (χ1n) is 8.66. The second-order valence-corrected chi connectivity index (χ2v) is 6.08. The molecule has 1 aliphatic heterocycles. The summed E-state index contributed by atoms with van der Waals surface area (Å²) in [7, 11) is 2.82. The van der Waals surface area contributed by atoms with Crippen LogP contribution in [0.4, 0.5) is 16.2 Å². The van der Waals surface area contributed by atoms with Gasteiger partial charge in [0.2, 0.25) is 0 Å². The Morgan fingerprint density at radius 1 is 1.37 bits per heavy atom. The summed E-state index contributed by atoms with van der Waals surface area (Å²) in [5, 5.41) is 15.5. The standard InChI is InChI=1S/C17H24N4O6/c1-4-27-17(23)20-9-7-13(8-10-20)18-14-11-12(16(22)19(2)26-3)5-6-15(14)21(24)25/h5-6,11,13,18H,4,7-10H2,1-3H3. The topological polar surface area (TPSA) is 114 Å². The van der Waals surface area contributed by atoms with Crippen molar-refractivity contribution in [1.82, 2.24) is 9.96 Å². The first-order valence-corrected chi connectivity index (χ1v) is 8.66. The molecule has 10 heteroatoms. The third kappa shape index (κ3) is 5.07. The van der Waals surface area contributed by atoms with Gasteiger partial charge in [-0.2, -0.15) is 0 Å². The summed E-state index contributed by atoms with van der Waals surface area (Å²) in [6.07, 6.45) is 0.884. The monoisotopic (exact) mass is 380 g/mol. The van der Waals surface area contributed by atoms with E-state index in [9.17, 15) is 19.7 Å². The van der Waals surface area contributed by atoms with Crippen molar-refractivity contribution in [2.75, 3.05) is 39.2 Å². The Balaban J connectivity index is 2.11. The lowest BCUT2D eigenvalue weighted by molar-refractivity contribution is -0.384. The SMILES string of the molecule is CCOC(=O)N1CCC(Nc2cc(C(=O)N(C)OC)ccc2[N+](=O)[O-])CC1. The normalized spacial score (nSPS) is 14.6. The van der Waals surface area contributed by atoms with E-state index < -0.39 is 10.8 Å². The zero-order chi connectivity index (χ0) is 20.0. The predicted octanol–water partition coefficient (Wildman–Crippen LogP) is 2.26. The van der Waals surface area contributed by atoms with Gasteiger partial charge in [0.25, 0.3) is 11.6 Å². The summed E-state index contributed by atoms with van der Waals surface area (Å²) < 4.78 is 4.98. The lowest BCUT2D eigenvalue weighted by Gasteiger charge is -2.32. The number of hydroxylamine groups is 2. The van der Waals surface area contributed by atoms with Gasteiger partial charge in [-0.1, -0.05) is 0 Å². The molecular weight excluding hydrogens is 356 g/mol. The van der Waals surface area contributed by atoms with Crippen LogP contribution in [-0.4, -0.2) is 66.8 Å². The van der Waals surface area contributed by atoms with Gasteiger partial charge in [-0.05, 0) is 31.9 Å². The minimum Gasteiger partial charge on any atom is -0.450 e. The zero-order valence-corrected chi connectivity index (χ0v) is 15.6. The van der Waals surface area contributed by atoms with Crippen molar-refractivity contribution >= 4 is 23.4 Å². The number of carbonyl (C=O) groups excluding carboxylic acids is 2. The van der Waals surface area contributed by atoms with E-state index in [1.54, 1.807) is 11.8 Å². The second kappa shape index (κ2) is 9.17. The molecule has 27 heavy (non-hydrogen) atoms. The number of anilines is 1. The van der Waals surface area contributed by atoms with Crippen LogP contribution in [-0.2, 0) is 9.57 Å². The van der Waals surface area contributed by atoms with Crippen molar-refractivity contribution in [1.29, 1.82) is 0 Å². The highest BCUT2D eigenvalue weighted by Crippen LogP contribution is 2.28. The molecule has 1 saturated heterocycles. The van der Waals surface area contributed by atoms with Gasteiger partial charge in [-0.15, -0.1) is 0 Å². The number of nitrogens with zero attached hydrogens (tertiary/aromatic N) is 3. The number of ether oxygens (including phenoxy) is 1. The lowest BCUT2D eigenvalue weighted by Crippen LogP contribution is -2.42. The van der Waals surface area contributed by atoms with Crippen LogP contribution < -0.4 is 5.32 Å². The van der Waals surface area contributed by atoms with Crippen LogP contribution in [0.2, 0.25) is 0 Å². The molecule has 1 aromatic rings. The van der Waals surface area contributed by atoms with E-state index in [1.807, 2.05) is 0 Å². The third-order valence-corrected chi connectivity index (χ3v) is 4.38. The highest BCUT2D eigenvalue weighted by molar-refractivity contribution is 5.95. The van der Waals surface area contributed by atoms with Gasteiger partial charge >= 0.3 is 6.09 Å². The molecular formula is C17H24N4O6. The average Bonchev–Trinajstić information content (AvgIpc) is 2.67. The molecule has 1 fully saturated rings. The minimum atomic E-state index is -0.496. The van der Waals surface area contributed by atoms with E-state index in [0.717, 1.165) is 5.06 Å². The minimum absolute atomic E-state index is 0.0557. The summed E-state index contributed by atoms with van der Waals surface area (Å²) in [5.41, 5.74) is 0.431. The van der Waals surface area contributed by atoms with E-state index in [1.165, 1.54) is 32.4 Å². The van der Waals surface area contributed by atoms with Gasteiger partial charge in [0.05, 0.1) is 18.6 Å². The highest BCUT2D eigenvalue weighted by Gasteiger charge is 2.26. The van der Waals surface area contributed by atoms with Gasteiger partial charge in [0.1, 0.15) is 5.69 Å². The van der Waals surface area contributed by atoms with Crippen LogP contribution >= 0.6 is 0 Å². The summed E-state index contributed by atoms with van der Waals surface area (Å²) in [6.45, 7) is 3.06. The molecule has 1 N–H and O–H groups in total. The number of carbonyl (C=O) groups is 2. The zero-order valence-electron chi connectivity index (χ0n) is 15.6. The molecule has 1 aliphatic rings. The Labute approximate surface area is 157 Å². The Kier molecular flexibility index (Phi) is 6.94. The van der Waals surface area contributed by atoms with Crippen LogP contribution in [0.25, 0.3) is 0 Å². The predicted molar refractivity (Wildman–Crippen MR) is 97.4 cm³/mol. The largest absolute Gasteiger partial charge is 0.450 e. The van der Waals surface area contributed by atoms with Gasteiger partial charge in [-0.25, -0.2) is 9.86 Å². The Bertz CT molecular complexity index is 703. The van der Waals surface area contributed by atoms with Gasteiger partial charge in [0.15, 0.2) is 0 Å². The number of nitro groups is 1. The molecule has 0 saturated carbocycles. The number of nitrogens with one attached hydrogen (secondary N) is 1.